The number of carboxylic acids is 1. The summed E-state index contributed by atoms with van der Waals surface area (Å²) in [6, 6.07) is -0.116. The largest absolute Gasteiger partial charge is 0.477 e. The van der Waals surface area contributed by atoms with Crippen LogP contribution in [0.5, 0.6) is 0 Å². The molecule has 2 aliphatic heterocycles. The number of aromatic nitrogens is 2. The van der Waals surface area contributed by atoms with E-state index >= 15 is 0 Å². The summed E-state index contributed by atoms with van der Waals surface area (Å²) >= 11 is 6.69. The van der Waals surface area contributed by atoms with Crippen LogP contribution in [0.1, 0.15) is 35.7 Å². The van der Waals surface area contributed by atoms with Gasteiger partial charge in [-0.2, -0.15) is 0 Å². The number of hydrogen-bond donors (Lipinski definition) is 2. The molecule has 148 valence electrons. The minimum Gasteiger partial charge on any atom is -0.477 e. The lowest BCUT2D eigenvalue weighted by Crippen LogP contribution is -2.40. The third-order valence-corrected chi connectivity index (χ3v) is 6.51. The number of pyridine rings is 2. The summed E-state index contributed by atoms with van der Waals surface area (Å²) in [7, 11) is 0. The molecule has 4 atom stereocenters. The normalized spacial score (nSPS) is 29.1. The Labute approximate surface area is 165 Å². The van der Waals surface area contributed by atoms with Crippen molar-refractivity contribution in [2.45, 2.75) is 37.5 Å². The molecule has 2 aromatic heterocycles. The summed E-state index contributed by atoms with van der Waals surface area (Å²) in [5.74, 6) is -0.248. The number of hydrogen-bond acceptors (Lipinski definition) is 5. The summed E-state index contributed by atoms with van der Waals surface area (Å²) in [5, 5.41) is 13.3. The van der Waals surface area contributed by atoms with Crippen LogP contribution in [-0.2, 0) is 0 Å². The quantitative estimate of drug-likeness (QED) is 0.812. The van der Waals surface area contributed by atoms with E-state index in [2.05, 4.69) is 15.2 Å². The predicted octanol–water partition coefficient (Wildman–Crippen LogP) is 2.22. The molecule has 0 unspecified atom stereocenters. The summed E-state index contributed by atoms with van der Waals surface area (Å²) in [6.45, 7) is 2.60. The first kappa shape index (κ1) is 17.9. The van der Waals surface area contributed by atoms with E-state index in [0.717, 1.165) is 32.5 Å². The molecule has 4 heterocycles. The smallest absolute Gasteiger partial charge is 0.341 e. The van der Waals surface area contributed by atoms with Gasteiger partial charge in [0.2, 0.25) is 5.43 Å². The average Bonchev–Trinajstić information content (AvgIpc) is 3.24. The maximum Gasteiger partial charge on any atom is 0.341 e. The van der Waals surface area contributed by atoms with Crippen molar-refractivity contribution in [2.75, 3.05) is 24.5 Å². The van der Waals surface area contributed by atoms with Gasteiger partial charge < -0.3 is 19.9 Å². The molecule has 0 aromatic carbocycles. The highest BCUT2D eigenvalue weighted by molar-refractivity contribution is 6.37. The molecule has 9 heteroatoms. The highest BCUT2D eigenvalue weighted by atomic mass is 35.5. The minimum absolute atomic E-state index is 0.113. The fraction of sp³-hybridized carbons (Fsp3) is 0.526. The van der Waals surface area contributed by atoms with Crippen LogP contribution >= 0.6 is 11.6 Å². The summed E-state index contributed by atoms with van der Waals surface area (Å²) in [6.07, 6.45) is 4.11. The first-order valence-corrected chi connectivity index (χ1v) is 9.92. The molecule has 0 radical (unpaired) electrons. The Morgan fingerprint density at radius 1 is 1.39 bits per heavy atom. The monoisotopic (exact) mass is 406 g/mol. The van der Waals surface area contributed by atoms with E-state index in [0.29, 0.717) is 23.3 Å². The zero-order valence-corrected chi connectivity index (χ0v) is 15.8. The lowest BCUT2D eigenvalue weighted by Gasteiger charge is -2.24. The second-order valence-corrected chi connectivity index (χ2v) is 8.31. The molecule has 3 fully saturated rings. The number of halogens is 2. The van der Waals surface area contributed by atoms with Crippen LogP contribution in [0, 0.1) is 5.92 Å². The number of carboxylic acid groups (broad SMARTS) is 1. The molecule has 1 saturated carbocycles. The number of carbonyl (C=O) groups is 1. The Kier molecular flexibility index (Phi) is 4.10. The molecular formula is C19H20ClFN4O3. The lowest BCUT2D eigenvalue weighted by molar-refractivity contribution is 0.0694. The fourth-order valence-electron chi connectivity index (χ4n) is 4.59. The van der Waals surface area contributed by atoms with Gasteiger partial charge in [0, 0.05) is 37.9 Å². The first-order valence-electron chi connectivity index (χ1n) is 9.54. The van der Waals surface area contributed by atoms with E-state index in [9.17, 15) is 19.1 Å². The fourth-order valence-corrected chi connectivity index (χ4v) is 4.96. The second kappa shape index (κ2) is 6.42. The molecule has 2 N–H and O–H groups in total. The van der Waals surface area contributed by atoms with Gasteiger partial charge in [-0.1, -0.05) is 11.6 Å². The van der Waals surface area contributed by atoms with Gasteiger partial charge in [-0.25, -0.2) is 14.2 Å². The highest BCUT2D eigenvalue weighted by Gasteiger charge is 2.41. The van der Waals surface area contributed by atoms with Crippen LogP contribution in [-0.4, -0.2) is 52.5 Å². The molecule has 5 rings (SSSR count). The third-order valence-electron chi connectivity index (χ3n) is 6.16. The number of nitrogens with one attached hydrogen (secondary N) is 1. The van der Waals surface area contributed by atoms with E-state index < -0.39 is 29.2 Å². The summed E-state index contributed by atoms with van der Waals surface area (Å²) in [5.41, 5.74) is -0.671. The van der Waals surface area contributed by atoms with Gasteiger partial charge in [0.05, 0.1) is 16.9 Å². The van der Waals surface area contributed by atoms with Crippen molar-refractivity contribution >= 4 is 34.3 Å². The van der Waals surface area contributed by atoms with Gasteiger partial charge in [0.15, 0.2) is 0 Å². The number of fused-ring (bicyclic) bond motifs is 2. The number of aromatic carboxylic acids is 1. The van der Waals surface area contributed by atoms with Crippen LogP contribution in [0.3, 0.4) is 0 Å². The van der Waals surface area contributed by atoms with Crippen LogP contribution in [0.15, 0.2) is 17.2 Å². The Morgan fingerprint density at radius 3 is 2.86 bits per heavy atom. The highest BCUT2D eigenvalue weighted by Crippen LogP contribution is 2.43. The third kappa shape index (κ3) is 2.69. The molecule has 28 heavy (non-hydrogen) atoms. The zero-order valence-electron chi connectivity index (χ0n) is 15.1. The van der Waals surface area contributed by atoms with Crippen LogP contribution < -0.4 is 15.6 Å². The van der Waals surface area contributed by atoms with E-state index in [4.69, 9.17) is 11.6 Å². The standard InChI is InChI=1S/C19H20ClFN4O3/c20-15-16-10(17(26)11(19(27)28)7-25(16)14-4-12(14)21)5-23-18(15)24-6-9-2-1-3-22-13(9)8-24/h5,7,9,12-14,22H,1-4,6,8H2,(H,27,28)/t9-,12-,13+,14+/m0/s1. The molecule has 7 nitrogen and oxygen atoms in total. The van der Waals surface area contributed by atoms with Crippen molar-refractivity contribution in [1.82, 2.24) is 14.9 Å². The van der Waals surface area contributed by atoms with Crippen molar-refractivity contribution < 1.29 is 14.3 Å². The lowest BCUT2D eigenvalue weighted by atomic mass is 9.94. The van der Waals surface area contributed by atoms with E-state index in [-0.39, 0.29) is 16.8 Å². The first-order chi connectivity index (χ1) is 13.5. The van der Waals surface area contributed by atoms with Gasteiger partial charge in [-0.15, -0.1) is 0 Å². The molecule has 0 amide bonds. The van der Waals surface area contributed by atoms with Gasteiger partial charge in [-0.05, 0) is 25.3 Å². The minimum atomic E-state index is -1.34. The number of piperidine rings is 1. The predicted molar refractivity (Wildman–Crippen MR) is 103 cm³/mol. The number of nitrogens with zero attached hydrogens (tertiary/aromatic N) is 3. The van der Waals surface area contributed by atoms with Crippen molar-refractivity contribution in [3.05, 3.63) is 33.2 Å². The molecular weight excluding hydrogens is 387 g/mol. The Balaban J connectivity index is 1.65. The van der Waals surface area contributed by atoms with Gasteiger partial charge >= 0.3 is 5.97 Å². The van der Waals surface area contributed by atoms with Crippen LogP contribution in [0.25, 0.3) is 10.9 Å². The number of alkyl halides is 1. The van der Waals surface area contributed by atoms with Crippen LogP contribution in [0.2, 0.25) is 5.02 Å². The summed E-state index contributed by atoms with van der Waals surface area (Å²) in [4.78, 5) is 30.6. The van der Waals surface area contributed by atoms with Crippen molar-refractivity contribution in [3.8, 4) is 0 Å². The average molecular weight is 407 g/mol. The Hall–Kier alpha value is -2.19. The van der Waals surface area contributed by atoms with Crippen LogP contribution in [0.4, 0.5) is 10.2 Å². The van der Waals surface area contributed by atoms with E-state index in [1.807, 2.05) is 0 Å². The Bertz CT molecular complexity index is 1030. The molecule has 3 aliphatic rings. The van der Waals surface area contributed by atoms with Gasteiger partial charge in [0.25, 0.3) is 0 Å². The molecule has 0 spiro atoms. The molecule has 2 saturated heterocycles. The van der Waals surface area contributed by atoms with E-state index in [1.165, 1.54) is 17.0 Å². The maximum absolute atomic E-state index is 13.8. The Morgan fingerprint density at radius 2 is 2.18 bits per heavy atom. The zero-order chi connectivity index (χ0) is 19.6. The maximum atomic E-state index is 13.8. The van der Waals surface area contributed by atoms with Crippen molar-refractivity contribution in [2.24, 2.45) is 5.92 Å². The topological polar surface area (TPSA) is 87.5 Å². The SMILES string of the molecule is O=C(O)c1cn([C@@H]2C[C@@H]2F)c2c(Cl)c(N3C[C@@H]4CCCN[C@@H]4C3)ncc2c1=O. The van der Waals surface area contributed by atoms with Crippen molar-refractivity contribution in [3.63, 3.8) is 0 Å². The summed E-state index contributed by atoms with van der Waals surface area (Å²) < 4.78 is 15.3. The van der Waals surface area contributed by atoms with Crippen molar-refractivity contribution in [1.29, 1.82) is 0 Å². The number of rotatable bonds is 3. The van der Waals surface area contributed by atoms with E-state index in [1.54, 1.807) is 0 Å². The number of anilines is 1. The van der Waals surface area contributed by atoms with Gasteiger partial charge in [0.1, 0.15) is 22.6 Å². The molecule has 2 aromatic rings. The molecule has 0 bridgehead atoms. The van der Waals surface area contributed by atoms with Gasteiger partial charge in [-0.3, -0.25) is 4.79 Å². The molecule has 1 aliphatic carbocycles. The second-order valence-electron chi connectivity index (χ2n) is 7.93.